The van der Waals surface area contributed by atoms with Crippen LogP contribution in [0.25, 0.3) is 0 Å². The van der Waals surface area contributed by atoms with Crippen molar-refractivity contribution in [3.63, 3.8) is 0 Å². The molecule has 1 heterocycles. The van der Waals surface area contributed by atoms with Crippen molar-refractivity contribution in [3.8, 4) is 0 Å². The molecule has 3 nitrogen and oxygen atoms in total. The molecular weight excluding hydrogens is 355 g/mol. The maximum absolute atomic E-state index is 12.9. The van der Waals surface area contributed by atoms with Gasteiger partial charge in [0, 0.05) is 6.54 Å². The number of nitrogens with zero attached hydrogens (tertiary/aromatic N) is 1. The van der Waals surface area contributed by atoms with E-state index >= 15 is 0 Å². The Morgan fingerprint density at radius 3 is 2.41 bits per heavy atom. The zero-order valence-electron chi connectivity index (χ0n) is 15.3. The SMILES string of the molecule is Cc1ccc(C)c(C(c2ccc(C(F)(F)F)cc2)N2CCCC2C(=O)O)c1. The van der Waals surface area contributed by atoms with Gasteiger partial charge in [-0.25, -0.2) is 0 Å². The smallest absolute Gasteiger partial charge is 0.416 e. The van der Waals surface area contributed by atoms with Crippen LogP contribution >= 0.6 is 0 Å². The van der Waals surface area contributed by atoms with Crippen LogP contribution in [0.2, 0.25) is 0 Å². The van der Waals surface area contributed by atoms with E-state index in [2.05, 4.69) is 0 Å². The molecule has 2 unspecified atom stereocenters. The lowest BCUT2D eigenvalue weighted by Crippen LogP contribution is -2.39. The van der Waals surface area contributed by atoms with Gasteiger partial charge in [0.15, 0.2) is 0 Å². The molecule has 1 N–H and O–H groups in total. The Labute approximate surface area is 156 Å². The third-order valence-electron chi connectivity index (χ3n) is 5.19. The molecule has 1 aliphatic heterocycles. The van der Waals surface area contributed by atoms with Crippen molar-refractivity contribution in [3.05, 3.63) is 70.3 Å². The molecule has 0 radical (unpaired) electrons. The predicted octanol–water partition coefficient (Wildman–Crippen LogP) is 4.96. The van der Waals surface area contributed by atoms with Gasteiger partial charge in [-0.15, -0.1) is 0 Å². The van der Waals surface area contributed by atoms with Gasteiger partial charge in [0.05, 0.1) is 11.6 Å². The molecule has 2 aromatic carbocycles. The van der Waals surface area contributed by atoms with Crippen molar-refractivity contribution in [1.29, 1.82) is 0 Å². The molecule has 1 fully saturated rings. The number of rotatable bonds is 4. The molecule has 6 heteroatoms. The average molecular weight is 377 g/mol. The Hall–Kier alpha value is -2.34. The summed E-state index contributed by atoms with van der Waals surface area (Å²) in [6.07, 6.45) is -3.11. The Kier molecular flexibility index (Phi) is 5.29. The maximum atomic E-state index is 12.9. The number of benzene rings is 2. The summed E-state index contributed by atoms with van der Waals surface area (Å²) in [6.45, 7) is 4.49. The van der Waals surface area contributed by atoms with E-state index in [1.54, 1.807) is 0 Å². The quantitative estimate of drug-likeness (QED) is 0.819. The van der Waals surface area contributed by atoms with E-state index in [-0.39, 0.29) is 0 Å². The van der Waals surface area contributed by atoms with Crippen molar-refractivity contribution < 1.29 is 23.1 Å². The predicted molar refractivity (Wildman–Crippen MR) is 96.6 cm³/mol. The van der Waals surface area contributed by atoms with E-state index in [9.17, 15) is 23.1 Å². The Bertz CT molecular complexity index is 830. The van der Waals surface area contributed by atoms with E-state index in [0.29, 0.717) is 18.5 Å². The third kappa shape index (κ3) is 4.00. The fourth-order valence-corrected chi connectivity index (χ4v) is 3.82. The minimum absolute atomic E-state index is 0.393. The van der Waals surface area contributed by atoms with E-state index in [0.717, 1.165) is 35.2 Å². The Morgan fingerprint density at radius 2 is 1.81 bits per heavy atom. The van der Waals surface area contributed by atoms with Gasteiger partial charge in [-0.2, -0.15) is 13.2 Å². The molecule has 1 aliphatic rings. The molecule has 0 saturated carbocycles. The standard InChI is InChI=1S/C21H22F3NO2/c1-13-5-6-14(2)17(12-13)19(25-11-3-4-18(25)20(26)27)15-7-9-16(10-8-15)21(22,23)24/h5-10,12,18-19H,3-4,11H2,1-2H3,(H,26,27). The molecule has 0 spiro atoms. The number of carboxylic acid groups (broad SMARTS) is 1. The summed E-state index contributed by atoms with van der Waals surface area (Å²) >= 11 is 0. The molecule has 0 aromatic heterocycles. The molecule has 1 saturated heterocycles. The first-order valence-electron chi connectivity index (χ1n) is 8.91. The summed E-state index contributed by atoms with van der Waals surface area (Å²) in [7, 11) is 0. The molecule has 2 atom stereocenters. The van der Waals surface area contributed by atoms with Crippen molar-refractivity contribution >= 4 is 5.97 Å². The second-order valence-corrected chi connectivity index (χ2v) is 7.12. The summed E-state index contributed by atoms with van der Waals surface area (Å²) in [5, 5.41) is 9.61. The van der Waals surface area contributed by atoms with Gasteiger partial charge in [-0.1, -0.05) is 35.9 Å². The topological polar surface area (TPSA) is 40.5 Å². The zero-order valence-corrected chi connectivity index (χ0v) is 15.3. The largest absolute Gasteiger partial charge is 0.480 e. The van der Waals surface area contributed by atoms with Crippen molar-refractivity contribution in [2.75, 3.05) is 6.54 Å². The lowest BCUT2D eigenvalue weighted by molar-refractivity contribution is -0.142. The van der Waals surface area contributed by atoms with Gasteiger partial charge in [-0.3, -0.25) is 9.69 Å². The fraction of sp³-hybridized carbons (Fsp3) is 0.381. The van der Waals surface area contributed by atoms with E-state index in [4.69, 9.17) is 0 Å². The highest BCUT2D eigenvalue weighted by Crippen LogP contribution is 2.38. The van der Waals surface area contributed by atoms with Crippen molar-refractivity contribution in [1.82, 2.24) is 4.90 Å². The normalized spacial score (nSPS) is 19.2. The molecule has 27 heavy (non-hydrogen) atoms. The van der Waals surface area contributed by atoms with Gasteiger partial charge >= 0.3 is 12.1 Å². The number of hydrogen-bond acceptors (Lipinski definition) is 2. The van der Waals surface area contributed by atoms with Crippen LogP contribution in [0.4, 0.5) is 13.2 Å². The van der Waals surface area contributed by atoms with Crippen LogP contribution in [0.15, 0.2) is 42.5 Å². The third-order valence-corrected chi connectivity index (χ3v) is 5.19. The molecule has 0 bridgehead atoms. The molecular formula is C21H22F3NO2. The van der Waals surface area contributed by atoms with E-state index < -0.39 is 29.8 Å². The number of hydrogen-bond donors (Lipinski definition) is 1. The van der Waals surface area contributed by atoms with Crippen LogP contribution in [-0.2, 0) is 11.0 Å². The molecule has 0 aliphatic carbocycles. The van der Waals surface area contributed by atoms with Gasteiger partial charge in [-0.05, 0) is 55.5 Å². The number of carbonyl (C=O) groups is 1. The summed E-state index contributed by atoms with van der Waals surface area (Å²) in [5.41, 5.74) is 2.91. The van der Waals surface area contributed by atoms with E-state index in [1.807, 2.05) is 36.9 Å². The maximum Gasteiger partial charge on any atom is 0.416 e. The average Bonchev–Trinajstić information content (AvgIpc) is 3.07. The fourth-order valence-electron chi connectivity index (χ4n) is 3.82. The Morgan fingerprint density at radius 1 is 1.15 bits per heavy atom. The number of carboxylic acids is 1. The highest BCUT2D eigenvalue weighted by molar-refractivity contribution is 5.74. The summed E-state index contributed by atoms with van der Waals surface area (Å²) in [5.74, 6) is -0.894. The van der Waals surface area contributed by atoms with Crippen LogP contribution in [-0.4, -0.2) is 28.6 Å². The molecule has 0 amide bonds. The minimum Gasteiger partial charge on any atom is -0.480 e. The van der Waals surface area contributed by atoms with Gasteiger partial charge in [0.1, 0.15) is 6.04 Å². The molecule has 2 aromatic rings. The van der Waals surface area contributed by atoms with Crippen LogP contribution in [0.5, 0.6) is 0 Å². The first-order valence-corrected chi connectivity index (χ1v) is 8.91. The number of likely N-dealkylation sites (tertiary alicyclic amines) is 1. The van der Waals surface area contributed by atoms with Crippen LogP contribution in [0.3, 0.4) is 0 Å². The highest BCUT2D eigenvalue weighted by Gasteiger charge is 2.38. The summed E-state index contributed by atoms with van der Waals surface area (Å²) < 4.78 is 38.8. The van der Waals surface area contributed by atoms with Crippen LogP contribution in [0, 0.1) is 13.8 Å². The summed E-state index contributed by atoms with van der Waals surface area (Å²) in [6, 6.07) is 9.97. The van der Waals surface area contributed by atoms with Crippen LogP contribution < -0.4 is 0 Å². The van der Waals surface area contributed by atoms with Gasteiger partial charge < -0.3 is 5.11 Å². The summed E-state index contributed by atoms with van der Waals surface area (Å²) in [4.78, 5) is 13.6. The number of alkyl halides is 3. The monoisotopic (exact) mass is 377 g/mol. The van der Waals surface area contributed by atoms with E-state index in [1.165, 1.54) is 12.1 Å². The lowest BCUT2D eigenvalue weighted by atomic mass is 9.91. The second kappa shape index (κ2) is 7.35. The highest BCUT2D eigenvalue weighted by atomic mass is 19.4. The van der Waals surface area contributed by atoms with Crippen molar-refractivity contribution in [2.45, 2.75) is 44.9 Å². The van der Waals surface area contributed by atoms with Crippen molar-refractivity contribution in [2.24, 2.45) is 0 Å². The van der Waals surface area contributed by atoms with Gasteiger partial charge in [0.2, 0.25) is 0 Å². The van der Waals surface area contributed by atoms with Gasteiger partial charge in [0.25, 0.3) is 0 Å². The molecule has 144 valence electrons. The second-order valence-electron chi connectivity index (χ2n) is 7.12. The minimum atomic E-state index is -4.40. The number of aliphatic carboxylic acids is 1. The Balaban J connectivity index is 2.10. The number of halogens is 3. The van der Waals surface area contributed by atoms with Crippen LogP contribution in [0.1, 0.15) is 46.7 Å². The zero-order chi connectivity index (χ0) is 19.8. The number of aryl methyl sites for hydroxylation is 2. The molecule has 3 rings (SSSR count). The first-order chi connectivity index (χ1) is 12.7. The first kappa shape index (κ1) is 19.4. The lowest BCUT2D eigenvalue weighted by Gasteiger charge is -2.33.